The lowest BCUT2D eigenvalue weighted by atomic mass is 10.2. The Morgan fingerprint density at radius 2 is 2.05 bits per heavy atom. The van der Waals surface area contributed by atoms with Crippen molar-refractivity contribution in [1.82, 2.24) is 9.88 Å². The third-order valence-electron chi connectivity index (χ3n) is 2.83. The van der Waals surface area contributed by atoms with Gasteiger partial charge in [-0.15, -0.1) is 0 Å². The van der Waals surface area contributed by atoms with Crippen molar-refractivity contribution in [1.29, 1.82) is 5.26 Å². The molecule has 0 aliphatic carbocycles. The van der Waals surface area contributed by atoms with Crippen molar-refractivity contribution in [2.24, 2.45) is 0 Å². The molecule has 0 spiro atoms. The van der Waals surface area contributed by atoms with Crippen molar-refractivity contribution < 1.29 is 9.47 Å². The molecule has 0 atom stereocenters. The van der Waals surface area contributed by atoms with Gasteiger partial charge < -0.3 is 9.47 Å². The van der Waals surface area contributed by atoms with E-state index in [0.29, 0.717) is 18.8 Å². The number of hydrogen-bond acceptors (Lipinski definition) is 5. The van der Waals surface area contributed by atoms with Crippen LogP contribution in [-0.4, -0.2) is 50.4 Å². The first kappa shape index (κ1) is 15.6. The van der Waals surface area contributed by atoms with Gasteiger partial charge in [0.2, 0.25) is 0 Å². The summed E-state index contributed by atoms with van der Waals surface area (Å²) >= 11 is 0. The number of nitriles is 1. The van der Waals surface area contributed by atoms with Crippen molar-refractivity contribution >= 4 is 0 Å². The number of aromatic nitrogens is 1. The predicted molar refractivity (Wildman–Crippen MR) is 72.6 cm³/mol. The van der Waals surface area contributed by atoms with Crippen LogP contribution in [0.5, 0.6) is 0 Å². The summed E-state index contributed by atoms with van der Waals surface area (Å²) in [6.07, 6.45) is 2.61. The monoisotopic (exact) mass is 263 g/mol. The van der Waals surface area contributed by atoms with Gasteiger partial charge in [0.1, 0.15) is 11.8 Å². The van der Waals surface area contributed by atoms with Crippen molar-refractivity contribution in [3.05, 3.63) is 29.6 Å². The van der Waals surface area contributed by atoms with Crippen LogP contribution in [-0.2, 0) is 16.0 Å². The Labute approximate surface area is 114 Å². The smallest absolute Gasteiger partial charge is 0.144 e. The van der Waals surface area contributed by atoms with Crippen LogP contribution in [0, 0.1) is 11.3 Å². The molecule has 0 saturated carbocycles. The van der Waals surface area contributed by atoms with E-state index >= 15 is 0 Å². The van der Waals surface area contributed by atoms with Crippen LogP contribution in [0.4, 0.5) is 0 Å². The normalized spacial score (nSPS) is 10.6. The molecule has 0 fully saturated rings. The lowest BCUT2D eigenvalue weighted by Crippen LogP contribution is -2.29. The average Bonchev–Trinajstić information content (AvgIpc) is 2.45. The predicted octanol–water partition coefficient (Wildman–Crippen LogP) is 1.44. The molecule has 0 amide bonds. The molecule has 0 radical (unpaired) electrons. The minimum Gasteiger partial charge on any atom is -0.385 e. The highest BCUT2D eigenvalue weighted by Gasteiger charge is 2.09. The fourth-order valence-corrected chi connectivity index (χ4v) is 1.83. The Balaban J connectivity index is 2.61. The van der Waals surface area contributed by atoms with Gasteiger partial charge in [-0.3, -0.25) is 4.90 Å². The zero-order valence-electron chi connectivity index (χ0n) is 11.6. The highest BCUT2D eigenvalue weighted by Crippen LogP contribution is 2.08. The lowest BCUT2D eigenvalue weighted by molar-refractivity contribution is 0.129. The molecule has 1 aromatic rings. The summed E-state index contributed by atoms with van der Waals surface area (Å²) in [7, 11) is 3.40. The van der Waals surface area contributed by atoms with E-state index in [1.807, 2.05) is 12.1 Å². The van der Waals surface area contributed by atoms with Crippen LogP contribution in [0.15, 0.2) is 18.3 Å². The van der Waals surface area contributed by atoms with Crippen LogP contribution in [0.1, 0.15) is 17.7 Å². The van der Waals surface area contributed by atoms with E-state index in [0.717, 1.165) is 31.7 Å². The second kappa shape index (κ2) is 9.45. The number of pyridine rings is 1. The number of hydrogen-bond donors (Lipinski definition) is 0. The summed E-state index contributed by atoms with van der Waals surface area (Å²) in [6.45, 7) is 3.87. The highest BCUT2D eigenvalue weighted by molar-refractivity contribution is 5.30. The van der Waals surface area contributed by atoms with E-state index in [1.165, 1.54) is 0 Å². The molecule has 5 nitrogen and oxygen atoms in total. The SMILES string of the molecule is COCCCN(CCOC)Cc1cccnc1C#N. The molecule has 0 bridgehead atoms. The van der Waals surface area contributed by atoms with E-state index in [2.05, 4.69) is 16.0 Å². The molecule has 1 aromatic heterocycles. The van der Waals surface area contributed by atoms with E-state index < -0.39 is 0 Å². The molecular formula is C14H21N3O2. The van der Waals surface area contributed by atoms with Gasteiger partial charge in [-0.2, -0.15) is 5.26 Å². The van der Waals surface area contributed by atoms with Crippen molar-refractivity contribution in [2.45, 2.75) is 13.0 Å². The second-order valence-corrected chi connectivity index (χ2v) is 4.24. The first-order valence-electron chi connectivity index (χ1n) is 6.36. The van der Waals surface area contributed by atoms with E-state index in [9.17, 15) is 0 Å². The Morgan fingerprint density at radius 3 is 2.74 bits per heavy atom. The van der Waals surface area contributed by atoms with E-state index in [1.54, 1.807) is 20.4 Å². The molecule has 0 aliphatic rings. The zero-order chi connectivity index (χ0) is 13.9. The minimum atomic E-state index is 0.497. The molecule has 1 rings (SSSR count). The number of ether oxygens (including phenoxy) is 2. The van der Waals surface area contributed by atoms with Gasteiger partial charge in [0.05, 0.1) is 6.61 Å². The van der Waals surface area contributed by atoms with Gasteiger partial charge in [-0.25, -0.2) is 4.98 Å². The van der Waals surface area contributed by atoms with Gasteiger partial charge in [0, 0.05) is 52.2 Å². The molecule has 5 heteroatoms. The Bertz CT molecular complexity index is 404. The van der Waals surface area contributed by atoms with Crippen LogP contribution in [0.2, 0.25) is 0 Å². The molecule has 0 saturated heterocycles. The Morgan fingerprint density at radius 1 is 1.26 bits per heavy atom. The van der Waals surface area contributed by atoms with Crippen molar-refractivity contribution in [3.8, 4) is 6.07 Å². The minimum absolute atomic E-state index is 0.497. The van der Waals surface area contributed by atoms with Crippen LogP contribution in [0.3, 0.4) is 0 Å². The van der Waals surface area contributed by atoms with Gasteiger partial charge in [0.25, 0.3) is 0 Å². The molecule has 0 aromatic carbocycles. The summed E-state index contributed by atoms with van der Waals surface area (Å²) in [5.41, 5.74) is 1.45. The molecule has 1 heterocycles. The number of rotatable bonds is 9. The van der Waals surface area contributed by atoms with Gasteiger partial charge >= 0.3 is 0 Å². The summed E-state index contributed by atoms with van der Waals surface area (Å²) < 4.78 is 10.2. The largest absolute Gasteiger partial charge is 0.385 e. The molecule has 0 aliphatic heterocycles. The van der Waals surface area contributed by atoms with Crippen LogP contribution in [0.25, 0.3) is 0 Å². The lowest BCUT2D eigenvalue weighted by Gasteiger charge is -2.22. The fraction of sp³-hybridized carbons (Fsp3) is 0.571. The van der Waals surface area contributed by atoms with E-state index in [4.69, 9.17) is 14.7 Å². The summed E-state index contributed by atoms with van der Waals surface area (Å²) in [5, 5.41) is 9.05. The quantitative estimate of drug-likeness (QED) is 0.631. The van der Waals surface area contributed by atoms with Gasteiger partial charge in [-0.05, 0) is 12.5 Å². The van der Waals surface area contributed by atoms with Crippen LogP contribution >= 0.6 is 0 Å². The first-order chi connectivity index (χ1) is 9.31. The maximum absolute atomic E-state index is 9.05. The summed E-state index contributed by atoms with van der Waals surface area (Å²) in [6, 6.07) is 5.94. The first-order valence-corrected chi connectivity index (χ1v) is 6.36. The molecular weight excluding hydrogens is 242 g/mol. The summed E-state index contributed by atoms with van der Waals surface area (Å²) in [4.78, 5) is 6.33. The topological polar surface area (TPSA) is 58.4 Å². The highest BCUT2D eigenvalue weighted by atomic mass is 16.5. The molecule has 0 unspecified atom stereocenters. The fourth-order valence-electron chi connectivity index (χ4n) is 1.83. The maximum Gasteiger partial charge on any atom is 0.144 e. The maximum atomic E-state index is 9.05. The number of methoxy groups -OCH3 is 2. The van der Waals surface area contributed by atoms with Crippen molar-refractivity contribution in [3.63, 3.8) is 0 Å². The average molecular weight is 263 g/mol. The third-order valence-corrected chi connectivity index (χ3v) is 2.83. The van der Waals surface area contributed by atoms with Crippen molar-refractivity contribution in [2.75, 3.05) is 40.5 Å². The second-order valence-electron chi connectivity index (χ2n) is 4.24. The zero-order valence-corrected chi connectivity index (χ0v) is 11.6. The number of nitrogens with zero attached hydrogens (tertiary/aromatic N) is 3. The van der Waals surface area contributed by atoms with Gasteiger partial charge in [0.15, 0.2) is 0 Å². The molecule has 104 valence electrons. The Hall–Kier alpha value is -1.48. The van der Waals surface area contributed by atoms with Crippen LogP contribution < -0.4 is 0 Å². The summed E-state index contributed by atoms with van der Waals surface area (Å²) in [5.74, 6) is 0. The third kappa shape index (κ3) is 5.79. The van der Waals surface area contributed by atoms with Gasteiger partial charge in [-0.1, -0.05) is 6.07 Å². The standard InChI is InChI=1S/C14H21N3O2/c1-18-9-4-7-17(8-10-19-2)12-13-5-3-6-16-14(13)11-15/h3,5-6H,4,7-10,12H2,1-2H3. The Kier molecular flexibility index (Phi) is 7.75. The van der Waals surface area contributed by atoms with E-state index in [-0.39, 0.29) is 0 Å². The molecule has 19 heavy (non-hydrogen) atoms. The molecule has 0 N–H and O–H groups in total.